The first-order valence-corrected chi connectivity index (χ1v) is 11.1. The Morgan fingerprint density at radius 2 is 1.84 bits per heavy atom. The van der Waals surface area contributed by atoms with Crippen LogP contribution >= 0.6 is 11.8 Å². The van der Waals surface area contributed by atoms with Crippen molar-refractivity contribution in [1.82, 2.24) is 25.1 Å². The number of thioether (sulfide) groups is 1. The van der Waals surface area contributed by atoms with Gasteiger partial charge in [0.05, 0.1) is 12.9 Å². The second kappa shape index (κ2) is 8.43. The number of ether oxygens (including phenoxy) is 1. The zero-order valence-electron chi connectivity index (χ0n) is 17.1. The van der Waals surface area contributed by atoms with Crippen LogP contribution in [-0.2, 0) is 4.79 Å². The van der Waals surface area contributed by atoms with Gasteiger partial charge in [0.1, 0.15) is 11.3 Å². The number of amides is 1. The van der Waals surface area contributed by atoms with Gasteiger partial charge in [-0.05, 0) is 30.3 Å². The molecule has 1 amide bonds. The molecule has 1 saturated heterocycles. The summed E-state index contributed by atoms with van der Waals surface area (Å²) in [6, 6.07) is 15.9. The predicted octanol–water partition coefficient (Wildman–Crippen LogP) is 2.96. The van der Waals surface area contributed by atoms with Crippen molar-refractivity contribution >= 4 is 45.4 Å². The molecular weight excluding hydrogens is 412 g/mol. The predicted molar refractivity (Wildman–Crippen MR) is 122 cm³/mol. The molecule has 2 aromatic carbocycles. The maximum Gasteiger partial charge on any atom is 0.233 e. The maximum absolute atomic E-state index is 12.7. The molecule has 0 unspecified atom stereocenters. The van der Waals surface area contributed by atoms with Crippen molar-refractivity contribution in [2.45, 2.75) is 5.16 Å². The average Bonchev–Trinajstić information content (AvgIpc) is 3.20. The quantitative estimate of drug-likeness (QED) is 0.483. The third-order valence-electron chi connectivity index (χ3n) is 5.50. The van der Waals surface area contributed by atoms with Crippen LogP contribution in [0.4, 0.5) is 5.69 Å². The van der Waals surface area contributed by atoms with E-state index in [0.717, 1.165) is 40.9 Å². The zero-order valence-corrected chi connectivity index (χ0v) is 17.9. The van der Waals surface area contributed by atoms with Crippen molar-refractivity contribution < 1.29 is 9.53 Å². The molecule has 8 nitrogen and oxygen atoms in total. The van der Waals surface area contributed by atoms with Crippen molar-refractivity contribution in [2.24, 2.45) is 0 Å². The summed E-state index contributed by atoms with van der Waals surface area (Å²) in [7, 11) is 1.66. The highest BCUT2D eigenvalue weighted by molar-refractivity contribution is 7.99. The number of carbonyl (C=O) groups excluding carboxylic acids is 1. The highest BCUT2D eigenvalue weighted by Gasteiger charge is 2.22. The lowest BCUT2D eigenvalue weighted by atomic mass is 10.2. The van der Waals surface area contributed by atoms with E-state index in [9.17, 15) is 4.79 Å². The van der Waals surface area contributed by atoms with E-state index in [2.05, 4.69) is 37.2 Å². The number of nitrogens with zero attached hydrogens (tertiary/aromatic N) is 5. The monoisotopic (exact) mass is 434 g/mol. The lowest BCUT2D eigenvalue weighted by Crippen LogP contribution is -2.49. The Morgan fingerprint density at radius 1 is 1.06 bits per heavy atom. The molecule has 4 aromatic rings. The lowest BCUT2D eigenvalue weighted by molar-refractivity contribution is -0.128. The number of carbonyl (C=O) groups is 1. The molecule has 1 aliphatic heterocycles. The maximum atomic E-state index is 12.7. The molecule has 0 spiro atoms. The number of methoxy groups -OCH3 is 1. The largest absolute Gasteiger partial charge is 0.497 e. The third-order valence-corrected chi connectivity index (χ3v) is 6.32. The van der Waals surface area contributed by atoms with Gasteiger partial charge >= 0.3 is 0 Å². The van der Waals surface area contributed by atoms with Crippen LogP contribution in [0.2, 0.25) is 0 Å². The summed E-state index contributed by atoms with van der Waals surface area (Å²) in [4.78, 5) is 24.7. The zero-order chi connectivity index (χ0) is 21.2. The molecule has 0 radical (unpaired) electrons. The van der Waals surface area contributed by atoms with Gasteiger partial charge in [0, 0.05) is 42.8 Å². The van der Waals surface area contributed by atoms with Crippen molar-refractivity contribution in [3.63, 3.8) is 0 Å². The Bertz CT molecular complexity index is 1220. The SMILES string of the molecule is COc1ccc(N2CCN(C(=O)CSc3nnc4c(n3)[nH]c3ccccc34)CC2)cc1. The highest BCUT2D eigenvalue weighted by Crippen LogP contribution is 2.24. The van der Waals surface area contributed by atoms with E-state index in [1.165, 1.54) is 11.8 Å². The number of aromatic nitrogens is 4. The van der Waals surface area contributed by atoms with E-state index in [-0.39, 0.29) is 5.91 Å². The topological polar surface area (TPSA) is 87.2 Å². The van der Waals surface area contributed by atoms with Crippen molar-refractivity contribution in [2.75, 3.05) is 43.9 Å². The Hall–Kier alpha value is -3.33. The van der Waals surface area contributed by atoms with Crippen LogP contribution in [-0.4, -0.2) is 70.0 Å². The van der Waals surface area contributed by atoms with Crippen LogP contribution in [0.25, 0.3) is 22.1 Å². The van der Waals surface area contributed by atoms with Crippen LogP contribution in [0.3, 0.4) is 0 Å². The molecule has 2 aromatic heterocycles. The molecule has 3 heterocycles. The average molecular weight is 435 g/mol. The number of para-hydroxylation sites is 1. The first-order valence-electron chi connectivity index (χ1n) is 10.1. The highest BCUT2D eigenvalue weighted by atomic mass is 32.2. The molecule has 1 fully saturated rings. The number of piperazine rings is 1. The summed E-state index contributed by atoms with van der Waals surface area (Å²) < 4.78 is 5.22. The Labute approximate surface area is 183 Å². The lowest BCUT2D eigenvalue weighted by Gasteiger charge is -2.36. The fourth-order valence-corrected chi connectivity index (χ4v) is 4.48. The molecule has 5 rings (SSSR count). The van der Waals surface area contributed by atoms with Crippen molar-refractivity contribution in [3.05, 3.63) is 48.5 Å². The summed E-state index contributed by atoms with van der Waals surface area (Å²) in [5, 5.41) is 10.0. The number of aromatic amines is 1. The standard InChI is InChI=1S/C22H22N6O2S/c1-30-16-8-6-15(7-9-16)27-10-12-28(13-11-27)19(29)14-31-22-24-21-20(25-26-22)17-4-2-3-5-18(17)23-21/h2-9H,10-14H2,1H3,(H,23,24,26). The van der Waals surface area contributed by atoms with Gasteiger partial charge in [-0.25, -0.2) is 4.98 Å². The molecule has 0 aliphatic carbocycles. The Kier molecular flexibility index (Phi) is 5.33. The summed E-state index contributed by atoms with van der Waals surface area (Å²) in [6.07, 6.45) is 0. The summed E-state index contributed by atoms with van der Waals surface area (Å²) in [5.41, 5.74) is 3.57. The molecule has 0 atom stereocenters. The van der Waals surface area contributed by atoms with E-state index in [1.54, 1.807) is 7.11 Å². The smallest absolute Gasteiger partial charge is 0.233 e. The summed E-state index contributed by atoms with van der Waals surface area (Å²) in [6.45, 7) is 3.01. The van der Waals surface area contributed by atoms with Gasteiger partial charge in [-0.1, -0.05) is 30.0 Å². The van der Waals surface area contributed by atoms with Gasteiger partial charge in [-0.2, -0.15) is 0 Å². The van der Waals surface area contributed by atoms with E-state index in [1.807, 2.05) is 41.3 Å². The second-order valence-corrected chi connectivity index (χ2v) is 8.26. The molecule has 0 saturated carbocycles. The molecule has 1 aliphatic rings. The van der Waals surface area contributed by atoms with E-state index < -0.39 is 0 Å². The molecule has 31 heavy (non-hydrogen) atoms. The molecule has 1 N–H and O–H groups in total. The number of anilines is 1. The van der Waals surface area contributed by atoms with E-state index >= 15 is 0 Å². The van der Waals surface area contributed by atoms with Crippen molar-refractivity contribution in [1.29, 1.82) is 0 Å². The van der Waals surface area contributed by atoms with E-state index in [4.69, 9.17) is 4.74 Å². The van der Waals surface area contributed by atoms with Crippen LogP contribution in [0.15, 0.2) is 53.7 Å². The minimum Gasteiger partial charge on any atom is -0.497 e. The summed E-state index contributed by atoms with van der Waals surface area (Å²) in [5.74, 6) is 1.24. The number of rotatable bonds is 5. The number of H-pyrrole nitrogens is 1. The fourth-order valence-electron chi connectivity index (χ4n) is 3.79. The van der Waals surface area contributed by atoms with Crippen molar-refractivity contribution in [3.8, 4) is 5.75 Å². The molecule has 9 heteroatoms. The van der Waals surface area contributed by atoms with Gasteiger partial charge in [-0.3, -0.25) is 4.79 Å². The minimum atomic E-state index is 0.0970. The number of hydrogen-bond acceptors (Lipinski definition) is 7. The molecule has 0 bridgehead atoms. The van der Waals surface area contributed by atoms with Gasteiger partial charge < -0.3 is 19.5 Å². The Balaban J connectivity index is 1.18. The molecule has 158 valence electrons. The fraction of sp³-hybridized carbons (Fsp3) is 0.273. The number of benzene rings is 2. The van der Waals surface area contributed by atoms with Gasteiger partial charge in [0.15, 0.2) is 5.65 Å². The first-order chi connectivity index (χ1) is 15.2. The van der Waals surface area contributed by atoms with Crippen LogP contribution in [0.5, 0.6) is 5.75 Å². The van der Waals surface area contributed by atoms with Gasteiger partial charge in [-0.15, -0.1) is 10.2 Å². The summed E-state index contributed by atoms with van der Waals surface area (Å²) >= 11 is 1.32. The van der Waals surface area contributed by atoms with Gasteiger partial charge in [0.2, 0.25) is 11.1 Å². The van der Waals surface area contributed by atoms with Crippen LogP contribution < -0.4 is 9.64 Å². The molecular formula is C22H22N6O2S. The normalized spacial score (nSPS) is 14.4. The van der Waals surface area contributed by atoms with Crippen LogP contribution in [0.1, 0.15) is 0 Å². The van der Waals surface area contributed by atoms with Gasteiger partial charge in [0.25, 0.3) is 0 Å². The second-order valence-electron chi connectivity index (χ2n) is 7.32. The number of hydrogen-bond donors (Lipinski definition) is 1. The van der Waals surface area contributed by atoms with Crippen LogP contribution in [0, 0.1) is 0 Å². The first kappa shape index (κ1) is 19.6. The third kappa shape index (κ3) is 4.00. The minimum absolute atomic E-state index is 0.0970. The number of fused-ring (bicyclic) bond motifs is 3. The Morgan fingerprint density at radius 3 is 2.61 bits per heavy atom. The van der Waals surface area contributed by atoms with E-state index in [0.29, 0.717) is 29.6 Å². The number of nitrogens with one attached hydrogen (secondary N) is 1.